The molecule has 0 aromatic carbocycles. The first-order valence-corrected chi connectivity index (χ1v) is 7.27. The molecule has 1 aliphatic carbocycles. The maximum atomic E-state index is 12.4. The molecule has 21 heavy (non-hydrogen) atoms. The Balaban J connectivity index is 2.14. The number of H-pyrrole nitrogens is 1. The highest BCUT2D eigenvalue weighted by molar-refractivity contribution is 6.05. The van der Waals surface area contributed by atoms with Crippen LogP contribution in [-0.2, 0) is 9.53 Å². The number of aromatic amines is 1. The lowest BCUT2D eigenvalue weighted by Crippen LogP contribution is -2.31. The summed E-state index contributed by atoms with van der Waals surface area (Å²) in [5.74, 6) is -0.732. The van der Waals surface area contributed by atoms with Gasteiger partial charge >= 0.3 is 5.97 Å². The van der Waals surface area contributed by atoms with Crippen molar-refractivity contribution in [2.45, 2.75) is 53.1 Å². The van der Waals surface area contributed by atoms with E-state index in [0.29, 0.717) is 22.5 Å². The van der Waals surface area contributed by atoms with E-state index >= 15 is 0 Å². The molecule has 5 nitrogen and oxygen atoms in total. The smallest absolute Gasteiger partial charge is 0.309 e. The monoisotopic (exact) mass is 291 g/mol. The number of carbonyl (C=O) groups excluding carboxylic acids is 3. The summed E-state index contributed by atoms with van der Waals surface area (Å²) < 4.78 is 5.24. The van der Waals surface area contributed by atoms with Crippen molar-refractivity contribution < 1.29 is 19.1 Å². The molecular formula is C16H21NO4. The van der Waals surface area contributed by atoms with Crippen LogP contribution in [0.25, 0.3) is 0 Å². The third-order valence-corrected chi connectivity index (χ3v) is 4.14. The van der Waals surface area contributed by atoms with Gasteiger partial charge < -0.3 is 9.72 Å². The summed E-state index contributed by atoms with van der Waals surface area (Å²) >= 11 is 0. The average molecular weight is 291 g/mol. The second-order valence-corrected chi connectivity index (χ2v) is 5.75. The molecule has 5 heteroatoms. The third-order valence-electron chi connectivity index (χ3n) is 4.14. The zero-order chi connectivity index (χ0) is 15.7. The fourth-order valence-corrected chi connectivity index (χ4v) is 2.70. The van der Waals surface area contributed by atoms with Gasteiger partial charge in [0.2, 0.25) is 5.78 Å². The van der Waals surface area contributed by atoms with Crippen molar-refractivity contribution in [1.82, 2.24) is 4.98 Å². The van der Waals surface area contributed by atoms with Crippen LogP contribution in [0.2, 0.25) is 0 Å². The highest BCUT2D eigenvalue weighted by Crippen LogP contribution is 2.28. The minimum absolute atomic E-state index is 0.0560. The molecule has 0 amide bonds. The molecular weight excluding hydrogens is 270 g/mol. The summed E-state index contributed by atoms with van der Waals surface area (Å²) in [7, 11) is 0. The van der Waals surface area contributed by atoms with E-state index in [1.165, 1.54) is 6.92 Å². The van der Waals surface area contributed by atoms with Crippen LogP contribution in [0.5, 0.6) is 0 Å². The number of esters is 1. The van der Waals surface area contributed by atoms with E-state index < -0.39 is 6.10 Å². The molecule has 1 N–H and O–H groups in total. The van der Waals surface area contributed by atoms with Gasteiger partial charge in [0.05, 0.1) is 11.6 Å². The van der Waals surface area contributed by atoms with Crippen molar-refractivity contribution in [3.05, 3.63) is 22.5 Å². The van der Waals surface area contributed by atoms with Crippen LogP contribution >= 0.6 is 0 Å². The molecule has 1 aliphatic rings. The van der Waals surface area contributed by atoms with E-state index in [1.807, 2.05) is 0 Å². The van der Waals surface area contributed by atoms with Gasteiger partial charge in [-0.25, -0.2) is 0 Å². The predicted molar refractivity (Wildman–Crippen MR) is 77.5 cm³/mol. The first-order valence-electron chi connectivity index (χ1n) is 7.27. The molecule has 1 heterocycles. The lowest BCUT2D eigenvalue weighted by Gasteiger charge is -2.24. The Labute approximate surface area is 124 Å². The van der Waals surface area contributed by atoms with Crippen molar-refractivity contribution in [3.63, 3.8) is 0 Å². The first kappa shape index (κ1) is 15.5. The lowest BCUT2D eigenvalue weighted by atomic mass is 9.85. The maximum absolute atomic E-state index is 12.4. The number of nitrogens with one attached hydrogen (secondary N) is 1. The van der Waals surface area contributed by atoms with Gasteiger partial charge in [-0.1, -0.05) is 6.42 Å². The van der Waals surface area contributed by atoms with E-state index in [1.54, 1.807) is 20.8 Å². The first-order chi connectivity index (χ1) is 9.82. The molecule has 1 aromatic heterocycles. The minimum atomic E-state index is -0.838. The number of rotatable bonds is 5. The van der Waals surface area contributed by atoms with Gasteiger partial charge in [0, 0.05) is 11.3 Å². The van der Waals surface area contributed by atoms with Crippen LogP contribution in [0, 0.1) is 19.8 Å². The van der Waals surface area contributed by atoms with Crippen LogP contribution in [0.3, 0.4) is 0 Å². The van der Waals surface area contributed by atoms with Crippen molar-refractivity contribution in [2.75, 3.05) is 0 Å². The Hall–Kier alpha value is -1.91. The average Bonchev–Trinajstić information content (AvgIpc) is 2.61. The van der Waals surface area contributed by atoms with Gasteiger partial charge in [-0.3, -0.25) is 14.4 Å². The van der Waals surface area contributed by atoms with E-state index in [9.17, 15) is 14.4 Å². The fourth-order valence-electron chi connectivity index (χ4n) is 2.70. The number of ketones is 2. The largest absolute Gasteiger partial charge is 0.454 e. The topological polar surface area (TPSA) is 76.2 Å². The zero-order valence-electron chi connectivity index (χ0n) is 12.9. The van der Waals surface area contributed by atoms with Crippen LogP contribution in [0.1, 0.15) is 65.2 Å². The summed E-state index contributed by atoms with van der Waals surface area (Å²) in [6, 6.07) is 0. The van der Waals surface area contributed by atoms with E-state index in [0.717, 1.165) is 19.3 Å². The van der Waals surface area contributed by atoms with Gasteiger partial charge in [-0.2, -0.15) is 0 Å². The molecule has 0 radical (unpaired) electrons. The quantitative estimate of drug-likeness (QED) is 0.668. The SMILES string of the molecule is CC(=O)c1c(C)[nH]c(C(=O)[C@H](C)OC(=O)C2CCC2)c1C. The number of aryl methyl sites for hydroxylation is 1. The Morgan fingerprint density at radius 2 is 1.86 bits per heavy atom. The van der Waals surface area contributed by atoms with Gasteiger partial charge in [0.1, 0.15) is 0 Å². The van der Waals surface area contributed by atoms with Crippen molar-refractivity contribution in [2.24, 2.45) is 5.92 Å². The second kappa shape index (κ2) is 5.84. The van der Waals surface area contributed by atoms with Gasteiger partial charge in [-0.05, 0) is 46.1 Å². The summed E-state index contributed by atoms with van der Waals surface area (Å²) in [5.41, 5.74) is 2.18. The molecule has 2 rings (SSSR count). The van der Waals surface area contributed by atoms with E-state index in [4.69, 9.17) is 4.74 Å². The minimum Gasteiger partial charge on any atom is -0.454 e. The Kier molecular flexibility index (Phi) is 4.30. The molecule has 0 saturated heterocycles. The molecule has 1 saturated carbocycles. The molecule has 0 unspecified atom stereocenters. The zero-order valence-corrected chi connectivity index (χ0v) is 12.9. The molecule has 114 valence electrons. The second-order valence-electron chi connectivity index (χ2n) is 5.75. The Bertz CT molecular complexity index is 596. The van der Waals surface area contributed by atoms with Gasteiger partial charge in [-0.15, -0.1) is 0 Å². The molecule has 1 fully saturated rings. The summed E-state index contributed by atoms with van der Waals surface area (Å²) in [6.45, 7) is 6.53. The number of Topliss-reactive ketones (excluding diaryl/α,β-unsaturated/α-hetero) is 2. The van der Waals surface area contributed by atoms with Gasteiger partial charge in [0.25, 0.3) is 0 Å². The highest BCUT2D eigenvalue weighted by Gasteiger charge is 2.31. The van der Waals surface area contributed by atoms with Gasteiger partial charge in [0.15, 0.2) is 11.9 Å². The molecule has 1 aromatic rings. The molecule has 0 aliphatic heterocycles. The highest BCUT2D eigenvalue weighted by atomic mass is 16.5. The van der Waals surface area contributed by atoms with Crippen LogP contribution < -0.4 is 0 Å². The number of aromatic nitrogens is 1. The number of hydrogen-bond donors (Lipinski definition) is 1. The van der Waals surface area contributed by atoms with Crippen LogP contribution in [0.4, 0.5) is 0 Å². The van der Waals surface area contributed by atoms with Crippen LogP contribution in [-0.4, -0.2) is 28.6 Å². The summed E-state index contributed by atoms with van der Waals surface area (Å²) in [5, 5.41) is 0. The third kappa shape index (κ3) is 2.91. The number of hydrogen-bond acceptors (Lipinski definition) is 4. The van der Waals surface area contributed by atoms with Crippen molar-refractivity contribution in [3.8, 4) is 0 Å². The molecule has 0 bridgehead atoms. The molecule has 0 spiro atoms. The lowest BCUT2D eigenvalue weighted by molar-refractivity contribution is -0.154. The van der Waals surface area contributed by atoms with E-state index in [-0.39, 0.29) is 23.5 Å². The maximum Gasteiger partial charge on any atom is 0.309 e. The number of carbonyl (C=O) groups is 3. The van der Waals surface area contributed by atoms with E-state index in [2.05, 4.69) is 4.98 Å². The number of ether oxygens (including phenoxy) is 1. The fraction of sp³-hybridized carbons (Fsp3) is 0.562. The van der Waals surface area contributed by atoms with Crippen molar-refractivity contribution >= 4 is 17.5 Å². The molecule has 1 atom stereocenters. The van der Waals surface area contributed by atoms with Crippen molar-refractivity contribution in [1.29, 1.82) is 0 Å². The Morgan fingerprint density at radius 3 is 2.29 bits per heavy atom. The van der Waals surface area contributed by atoms with Crippen LogP contribution in [0.15, 0.2) is 0 Å². The predicted octanol–water partition coefficient (Wildman–Crippen LogP) is 2.75. The summed E-state index contributed by atoms with van der Waals surface area (Å²) in [6.07, 6.45) is 1.89. The Morgan fingerprint density at radius 1 is 1.24 bits per heavy atom. The normalized spacial score (nSPS) is 16.2. The standard InChI is InChI=1S/C16H21NO4/c1-8-13(10(3)18)9(2)17-14(8)15(19)11(4)21-16(20)12-6-5-7-12/h11-12,17H,5-7H2,1-4H3/t11-/m0/s1. The summed E-state index contributed by atoms with van der Waals surface area (Å²) in [4.78, 5) is 38.7.